The quantitative estimate of drug-likeness (QED) is 0.585. The van der Waals surface area contributed by atoms with Crippen LogP contribution in [0.15, 0.2) is 53.8 Å². The molecule has 3 rings (SSSR count). The van der Waals surface area contributed by atoms with Gasteiger partial charge in [-0.15, -0.1) is 11.8 Å². The number of nitrogens with zero attached hydrogens (tertiary/aromatic N) is 3. The molecule has 1 atom stereocenters. The van der Waals surface area contributed by atoms with Crippen LogP contribution < -0.4 is 0 Å². The summed E-state index contributed by atoms with van der Waals surface area (Å²) in [6.07, 6.45) is 7.74. The second-order valence-electron chi connectivity index (χ2n) is 6.62. The van der Waals surface area contributed by atoms with E-state index in [1.807, 2.05) is 34.9 Å². The van der Waals surface area contributed by atoms with Crippen molar-refractivity contribution >= 4 is 23.2 Å². The number of pyridine rings is 2. The first-order valence-electron chi connectivity index (χ1n) is 8.87. The van der Waals surface area contributed by atoms with E-state index in [4.69, 9.17) is 0 Å². The average Bonchev–Trinajstić information content (AvgIpc) is 3.16. The second kappa shape index (κ2) is 7.85. The topological polar surface area (TPSA) is 78.4 Å². The van der Waals surface area contributed by atoms with Gasteiger partial charge < -0.3 is 9.51 Å². The fraction of sp³-hybridized carbons (Fsp3) is 0.286. The second-order valence-corrected chi connectivity index (χ2v) is 8.17. The van der Waals surface area contributed by atoms with Crippen molar-refractivity contribution in [3.63, 3.8) is 0 Å². The molecule has 5 nitrogen and oxygen atoms in total. The highest BCUT2D eigenvalue weighted by atomic mass is 32.2. The minimum Gasteiger partial charge on any atom is -0.480 e. The molecule has 0 aliphatic rings. The maximum atomic E-state index is 12.0. The van der Waals surface area contributed by atoms with Crippen molar-refractivity contribution < 1.29 is 9.90 Å². The van der Waals surface area contributed by atoms with E-state index in [0.717, 1.165) is 34.5 Å². The zero-order chi connectivity index (χ0) is 19.4. The normalized spacial score (nSPS) is 13.2. The summed E-state index contributed by atoms with van der Waals surface area (Å²) in [6, 6.07) is 11.5. The van der Waals surface area contributed by atoms with Gasteiger partial charge in [0.25, 0.3) is 0 Å². The third kappa shape index (κ3) is 3.69. The number of rotatable bonds is 7. The molecule has 0 fully saturated rings. The molecule has 27 heavy (non-hydrogen) atoms. The smallest absolute Gasteiger partial charge is 0.319 e. The standard InChI is InChI=1S/C21H21N3O2S/c1-3-4-10-21(2,20(25)26)27-19-9-11-23-14-16(19)18-8-7-15(13-22)17-6-5-12-24(17)18/h5-9,11-12,14H,3-4,10H2,1-2H3,(H,25,26). The van der Waals surface area contributed by atoms with Crippen LogP contribution in [0.2, 0.25) is 0 Å². The number of aromatic nitrogens is 2. The Labute approximate surface area is 162 Å². The maximum absolute atomic E-state index is 12.0. The van der Waals surface area contributed by atoms with Crippen molar-refractivity contribution in [1.29, 1.82) is 5.26 Å². The lowest BCUT2D eigenvalue weighted by Crippen LogP contribution is -2.31. The van der Waals surface area contributed by atoms with Gasteiger partial charge in [0.1, 0.15) is 10.8 Å². The summed E-state index contributed by atoms with van der Waals surface area (Å²) >= 11 is 1.36. The third-order valence-corrected chi connectivity index (χ3v) is 6.07. The Bertz CT molecular complexity index is 1020. The summed E-state index contributed by atoms with van der Waals surface area (Å²) in [5, 5.41) is 19.1. The van der Waals surface area contributed by atoms with Crippen molar-refractivity contribution in [1.82, 2.24) is 9.38 Å². The molecule has 1 unspecified atom stereocenters. The lowest BCUT2D eigenvalue weighted by molar-refractivity contribution is -0.139. The number of hydrogen-bond acceptors (Lipinski definition) is 4. The van der Waals surface area contributed by atoms with Gasteiger partial charge in [0, 0.05) is 29.0 Å². The highest BCUT2D eigenvalue weighted by molar-refractivity contribution is 8.01. The van der Waals surface area contributed by atoms with Gasteiger partial charge in [0.2, 0.25) is 0 Å². The molecule has 6 heteroatoms. The minimum absolute atomic E-state index is 0.595. The van der Waals surface area contributed by atoms with E-state index in [1.165, 1.54) is 11.8 Å². The number of thioether (sulfide) groups is 1. The first kappa shape index (κ1) is 19.0. The minimum atomic E-state index is -0.908. The summed E-state index contributed by atoms with van der Waals surface area (Å²) in [5.74, 6) is -0.811. The van der Waals surface area contributed by atoms with Crippen LogP contribution in [0.1, 0.15) is 38.7 Å². The number of aliphatic carboxylic acids is 1. The Balaban J connectivity index is 2.09. The lowest BCUT2D eigenvalue weighted by atomic mass is 10.0. The third-order valence-electron chi connectivity index (χ3n) is 4.66. The van der Waals surface area contributed by atoms with E-state index in [9.17, 15) is 15.2 Å². The van der Waals surface area contributed by atoms with E-state index in [-0.39, 0.29) is 0 Å². The van der Waals surface area contributed by atoms with Crippen LogP contribution >= 0.6 is 11.8 Å². The highest BCUT2D eigenvalue weighted by Crippen LogP contribution is 2.41. The number of nitriles is 1. The molecule has 3 aromatic rings. The van der Waals surface area contributed by atoms with Crippen LogP contribution in [0.5, 0.6) is 0 Å². The molecule has 0 amide bonds. The predicted octanol–water partition coefficient (Wildman–Crippen LogP) is 5.00. The van der Waals surface area contributed by atoms with Crippen molar-refractivity contribution in [2.75, 3.05) is 0 Å². The predicted molar refractivity (Wildman–Crippen MR) is 107 cm³/mol. The van der Waals surface area contributed by atoms with E-state index in [0.29, 0.717) is 12.0 Å². The van der Waals surface area contributed by atoms with Gasteiger partial charge in [-0.2, -0.15) is 5.26 Å². The highest BCUT2D eigenvalue weighted by Gasteiger charge is 2.34. The Morgan fingerprint density at radius 2 is 2.19 bits per heavy atom. The van der Waals surface area contributed by atoms with Crippen LogP contribution in [-0.4, -0.2) is 25.2 Å². The Hall–Kier alpha value is -2.78. The van der Waals surface area contributed by atoms with Crippen molar-refractivity contribution in [3.05, 3.63) is 54.5 Å². The molecular weight excluding hydrogens is 358 g/mol. The largest absolute Gasteiger partial charge is 0.480 e. The zero-order valence-electron chi connectivity index (χ0n) is 15.3. The first-order chi connectivity index (χ1) is 13.0. The van der Waals surface area contributed by atoms with Crippen LogP contribution in [0, 0.1) is 11.3 Å². The molecule has 0 aromatic carbocycles. The van der Waals surface area contributed by atoms with E-state index in [2.05, 4.69) is 18.0 Å². The summed E-state index contributed by atoms with van der Waals surface area (Å²) in [6.45, 7) is 3.84. The van der Waals surface area contributed by atoms with Crippen molar-refractivity contribution in [3.8, 4) is 17.3 Å². The van der Waals surface area contributed by atoms with E-state index >= 15 is 0 Å². The number of carbonyl (C=O) groups is 1. The Morgan fingerprint density at radius 3 is 2.89 bits per heavy atom. The molecular formula is C21H21N3O2S. The molecule has 138 valence electrons. The molecule has 0 saturated heterocycles. The molecule has 3 aromatic heterocycles. The molecule has 0 aliphatic carbocycles. The van der Waals surface area contributed by atoms with Gasteiger partial charge in [0.05, 0.1) is 16.8 Å². The van der Waals surface area contributed by atoms with Crippen molar-refractivity contribution in [2.24, 2.45) is 0 Å². The SMILES string of the molecule is CCCCC(C)(Sc1ccncc1-c1ccc(C#N)c2cccn12)C(=O)O. The molecule has 3 heterocycles. The summed E-state index contributed by atoms with van der Waals surface area (Å²) in [5.41, 5.74) is 3.16. The fourth-order valence-corrected chi connectivity index (χ4v) is 4.29. The van der Waals surface area contributed by atoms with E-state index < -0.39 is 10.7 Å². The van der Waals surface area contributed by atoms with Gasteiger partial charge in [-0.3, -0.25) is 9.78 Å². The number of carboxylic acid groups (broad SMARTS) is 1. The average molecular weight is 379 g/mol. The maximum Gasteiger partial charge on any atom is 0.319 e. The van der Waals surface area contributed by atoms with Gasteiger partial charge in [-0.25, -0.2) is 0 Å². The van der Waals surface area contributed by atoms with Crippen molar-refractivity contribution in [2.45, 2.75) is 42.8 Å². The Kier molecular flexibility index (Phi) is 5.52. The van der Waals surface area contributed by atoms with Crippen LogP contribution in [0.4, 0.5) is 0 Å². The van der Waals surface area contributed by atoms with Gasteiger partial charge >= 0.3 is 5.97 Å². The molecule has 0 spiro atoms. The first-order valence-corrected chi connectivity index (χ1v) is 9.69. The van der Waals surface area contributed by atoms with Gasteiger partial charge in [0.15, 0.2) is 0 Å². The van der Waals surface area contributed by atoms with Crippen LogP contribution in [0.3, 0.4) is 0 Å². The Morgan fingerprint density at radius 1 is 1.37 bits per heavy atom. The lowest BCUT2D eigenvalue weighted by Gasteiger charge is -2.25. The number of hydrogen-bond donors (Lipinski definition) is 1. The molecule has 0 bridgehead atoms. The fourth-order valence-electron chi connectivity index (χ4n) is 3.07. The summed E-state index contributed by atoms with van der Waals surface area (Å²) < 4.78 is 1.04. The van der Waals surface area contributed by atoms with E-state index in [1.54, 1.807) is 25.4 Å². The zero-order valence-corrected chi connectivity index (χ0v) is 16.2. The van der Waals surface area contributed by atoms with Gasteiger partial charge in [-0.1, -0.05) is 19.8 Å². The summed E-state index contributed by atoms with van der Waals surface area (Å²) in [4.78, 5) is 17.1. The monoisotopic (exact) mass is 379 g/mol. The number of carboxylic acids is 1. The van der Waals surface area contributed by atoms with Crippen LogP contribution in [0.25, 0.3) is 16.8 Å². The molecule has 1 N–H and O–H groups in total. The molecule has 0 saturated carbocycles. The summed E-state index contributed by atoms with van der Waals surface area (Å²) in [7, 11) is 0. The van der Waals surface area contributed by atoms with Gasteiger partial charge in [-0.05, 0) is 43.7 Å². The van der Waals surface area contributed by atoms with Crippen LogP contribution in [-0.2, 0) is 4.79 Å². The number of fused-ring (bicyclic) bond motifs is 1. The molecule has 0 radical (unpaired) electrons. The number of unbranched alkanes of at least 4 members (excludes halogenated alkanes) is 1. The molecule has 0 aliphatic heterocycles.